The number of aromatic amines is 1. The molecule has 3 nitrogen and oxygen atoms in total. The molecule has 1 aromatic heterocycles. The van der Waals surface area contributed by atoms with Crippen LogP contribution in [0.5, 0.6) is 0 Å². The van der Waals surface area contributed by atoms with Crippen LogP contribution in [0.2, 0.25) is 0 Å². The molecule has 0 saturated carbocycles. The van der Waals surface area contributed by atoms with E-state index >= 15 is 0 Å². The first-order valence-corrected chi connectivity index (χ1v) is 6.55. The second-order valence-corrected chi connectivity index (χ2v) is 7.10. The molecular formula is C16H21N3. The van der Waals surface area contributed by atoms with Gasteiger partial charge in [-0.15, -0.1) is 0 Å². The van der Waals surface area contributed by atoms with Gasteiger partial charge in [0.1, 0.15) is 0 Å². The summed E-state index contributed by atoms with van der Waals surface area (Å²) in [5.41, 5.74) is 3.77. The minimum absolute atomic E-state index is 0.0174. The van der Waals surface area contributed by atoms with Crippen LogP contribution in [-0.4, -0.2) is 10.2 Å². The normalized spacial score (nSPS) is 12.7. The van der Waals surface area contributed by atoms with Crippen molar-refractivity contribution in [2.45, 2.75) is 52.4 Å². The van der Waals surface area contributed by atoms with Gasteiger partial charge in [0.25, 0.3) is 0 Å². The largest absolute Gasteiger partial charge is 0.281 e. The van der Waals surface area contributed by atoms with Gasteiger partial charge in [0.2, 0.25) is 0 Å². The van der Waals surface area contributed by atoms with Crippen molar-refractivity contribution in [1.29, 1.82) is 0 Å². The summed E-state index contributed by atoms with van der Waals surface area (Å²) < 4.78 is 0. The second kappa shape index (κ2) is 4.09. The quantitative estimate of drug-likeness (QED) is 0.679. The third kappa shape index (κ3) is 2.35. The molecule has 0 spiro atoms. The van der Waals surface area contributed by atoms with Gasteiger partial charge in [0.05, 0.1) is 12.1 Å². The topological polar surface area (TPSA) is 33.0 Å². The van der Waals surface area contributed by atoms with Gasteiger partial charge >= 0.3 is 0 Å². The van der Waals surface area contributed by atoms with E-state index in [0.717, 1.165) is 22.2 Å². The average molecular weight is 255 g/mol. The molecule has 0 unspecified atom stereocenters. The van der Waals surface area contributed by atoms with Crippen LogP contribution in [0, 0.1) is 6.57 Å². The Hall–Kier alpha value is -1.82. The summed E-state index contributed by atoms with van der Waals surface area (Å²) in [5.74, 6) is 0. The lowest BCUT2D eigenvalue weighted by Gasteiger charge is -2.22. The van der Waals surface area contributed by atoms with Crippen LogP contribution in [0.15, 0.2) is 12.1 Å². The molecule has 0 aliphatic rings. The summed E-state index contributed by atoms with van der Waals surface area (Å²) in [5, 5.41) is 8.61. The lowest BCUT2D eigenvalue weighted by atomic mass is 9.83. The molecule has 19 heavy (non-hydrogen) atoms. The predicted molar refractivity (Wildman–Crippen MR) is 79.8 cm³/mol. The van der Waals surface area contributed by atoms with Gasteiger partial charge in [-0.25, -0.2) is 4.85 Å². The first-order valence-electron chi connectivity index (χ1n) is 6.55. The van der Waals surface area contributed by atoms with Crippen molar-refractivity contribution in [3.05, 3.63) is 34.8 Å². The van der Waals surface area contributed by atoms with Gasteiger partial charge in [-0.1, -0.05) is 47.6 Å². The Morgan fingerprint density at radius 3 is 2.16 bits per heavy atom. The zero-order chi connectivity index (χ0) is 14.4. The minimum Gasteiger partial charge on any atom is -0.281 e. The first-order chi connectivity index (χ1) is 8.64. The maximum atomic E-state index is 7.36. The fourth-order valence-corrected chi connectivity index (χ4v) is 2.31. The monoisotopic (exact) mass is 255 g/mol. The number of rotatable bonds is 0. The molecule has 0 aliphatic carbocycles. The smallest absolute Gasteiger partial charge is 0.193 e. The summed E-state index contributed by atoms with van der Waals surface area (Å²) >= 11 is 0. The van der Waals surface area contributed by atoms with Crippen molar-refractivity contribution >= 4 is 16.6 Å². The second-order valence-electron chi connectivity index (χ2n) is 7.10. The predicted octanol–water partition coefficient (Wildman–Crippen LogP) is 4.71. The van der Waals surface area contributed by atoms with E-state index in [1.165, 1.54) is 0 Å². The van der Waals surface area contributed by atoms with Gasteiger partial charge in [0.15, 0.2) is 5.69 Å². The molecule has 0 radical (unpaired) electrons. The molecule has 0 bridgehead atoms. The maximum Gasteiger partial charge on any atom is 0.193 e. The van der Waals surface area contributed by atoms with Crippen LogP contribution >= 0.6 is 0 Å². The van der Waals surface area contributed by atoms with E-state index in [1.54, 1.807) is 0 Å². The summed E-state index contributed by atoms with van der Waals surface area (Å²) in [6.45, 7) is 20.3. The lowest BCUT2D eigenvalue weighted by Crippen LogP contribution is -2.13. The Morgan fingerprint density at radius 2 is 1.68 bits per heavy atom. The molecule has 1 heterocycles. The van der Waals surface area contributed by atoms with Crippen molar-refractivity contribution in [3.63, 3.8) is 0 Å². The zero-order valence-corrected chi connectivity index (χ0v) is 12.5. The van der Waals surface area contributed by atoms with E-state index in [0.29, 0.717) is 5.69 Å². The molecule has 1 N–H and O–H groups in total. The molecule has 2 rings (SSSR count). The Kier molecular flexibility index (Phi) is 2.93. The molecule has 2 aromatic rings. The van der Waals surface area contributed by atoms with Crippen LogP contribution in [0.25, 0.3) is 15.7 Å². The Balaban J connectivity index is 2.81. The minimum atomic E-state index is -0.0412. The molecule has 3 heteroatoms. The standard InChI is InChI=1S/C16H21N3/c1-15(2,3)11-8-10-12(9-13(11)17-7)18-19-14(10)16(4,5)6/h8-9H,1-6H3,(H,18,19). The summed E-state index contributed by atoms with van der Waals surface area (Å²) in [7, 11) is 0. The van der Waals surface area contributed by atoms with E-state index in [1.807, 2.05) is 6.07 Å². The highest BCUT2D eigenvalue weighted by Gasteiger charge is 2.24. The number of fused-ring (bicyclic) bond motifs is 1. The van der Waals surface area contributed by atoms with Crippen LogP contribution in [0.3, 0.4) is 0 Å². The van der Waals surface area contributed by atoms with Gasteiger partial charge in [-0.2, -0.15) is 5.10 Å². The van der Waals surface area contributed by atoms with Gasteiger partial charge in [-0.05, 0) is 17.0 Å². The Bertz CT molecular complexity index is 658. The highest BCUT2D eigenvalue weighted by atomic mass is 15.1. The van der Waals surface area contributed by atoms with Crippen LogP contribution < -0.4 is 0 Å². The number of H-pyrrole nitrogens is 1. The molecule has 0 fully saturated rings. The highest BCUT2D eigenvalue weighted by Crippen LogP contribution is 2.37. The van der Waals surface area contributed by atoms with Gasteiger partial charge in [-0.3, -0.25) is 5.10 Å². The molecular weight excluding hydrogens is 234 g/mol. The lowest BCUT2D eigenvalue weighted by molar-refractivity contribution is 0.570. The summed E-state index contributed by atoms with van der Waals surface area (Å²) in [6, 6.07) is 4.03. The first kappa shape index (κ1) is 13.6. The Labute approximate surface area is 114 Å². The zero-order valence-electron chi connectivity index (χ0n) is 12.5. The maximum absolute atomic E-state index is 7.36. The third-order valence-electron chi connectivity index (χ3n) is 3.35. The SMILES string of the molecule is [C-]#[N+]c1cc2n[nH]c(C(C)(C)C)c2cc1C(C)(C)C. The Morgan fingerprint density at radius 1 is 1.05 bits per heavy atom. The van der Waals surface area contributed by atoms with Crippen molar-refractivity contribution < 1.29 is 0 Å². The van der Waals surface area contributed by atoms with Gasteiger partial charge < -0.3 is 0 Å². The number of hydrogen-bond acceptors (Lipinski definition) is 1. The van der Waals surface area contributed by atoms with Crippen molar-refractivity contribution in [1.82, 2.24) is 10.2 Å². The van der Waals surface area contributed by atoms with E-state index in [4.69, 9.17) is 6.57 Å². The molecule has 0 amide bonds. The molecule has 100 valence electrons. The fourth-order valence-electron chi connectivity index (χ4n) is 2.31. The number of aromatic nitrogens is 2. The van der Waals surface area contributed by atoms with Crippen molar-refractivity contribution in [2.75, 3.05) is 0 Å². The van der Waals surface area contributed by atoms with Crippen LogP contribution in [0.4, 0.5) is 5.69 Å². The third-order valence-corrected chi connectivity index (χ3v) is 3.35. The van der Waals surface area contributed by atoms with Crippen LogP contribution in [0.1, 0.15) is 52.8 Å². The molecule has 1 aromatic carbocycles. The van der Waals surface area contributed by atoms with E-state index in [-0.39, 0.29) is 10.8 Å². The fraction of sp³-hybridized carbons (Fsp3) is 0.500. The number of hydrogen-bond donors (Lipinski definition) is 1. The summed E-state index contributed by atoms with van der Waals surface area (Å²) in [6.07, 6.45) is 0. The summed E-state index contributed by atoms with van der Waals surface area (Å²) in [4.78, 5) is 3.65. The van der Waals surface area contributed by atoms with E-state index in [9.17, 15) is 0 Å². The molecule has 0 saturated heterocycles. The van der Waals surface area contributed by atoms with Crippen LogP contribution in [-0.2, 0) is 10.8 Å². The molecule has 0 atom stereocenters. The van der Waals surface area contributed by atoms with Crippen molar-refractivity contribution in [2.24, 2.45) is 0 Å². The number of nitrogens with zero attached hydrogens (tertiary/aromatic N) is 2. The van der Waals surface area contributed by atoms with Crippen molar-refractivity contribution in [3.8, 4) is 0 Å². The number of benzene rings is 1. The number of nitrogens with one attached hydrogen (secondary N) is 1. The van der Waals surface area contributed by atoms with E-state index in [2.05, 4.69) is 62.7 Å². The van der Waals surface area contributed by atoms with E-state index < -0.39 is 0 Å². The average Bonchev–Trinajstić information content (AvgIpc) is 2.68. The molecule has 0 aliphatic heterocycles. The highest BCUT2D eigenvalue weighted by molar-refractivity contribution is 5.87. The van der Waals surface area contributed by atoms with Gasteiger partial charge in [0, 0.05) is 16.5 Å².